The van der Waals surface area contributed by atoms with Crippen molar-refractivity contribution in [3.05, 3.63) is 23.4 Å². The Morgan fingerprint density at radius 1 is 1.38 bits per heavy atom. The first kappa shape index (κ1) is 15.8. The maximum absolute atomic E-state index is 11.2. The van der Waals surface area contributed by atoms with Crippen molar-refractivity contribution >= 4 is 5.97 Å². The maximum Gasteiger partial charge on any atom is 0.335 e. The smallest absolute Gasteiger partial charge is 0.335 e. The van der Waals surface area contributed by atoms with E-state index in [2.05, 4.69) is 25.8 Å². The molecule has 1 aliphatic rings. The highest BCUT2D eigenvalue weighted by Gasteiger charge is 2.28. The van der Waals surface area contributed by atoms with Gasteiger partial charge in [0.2, 0.25) is 5.88 Å². The van der Waals surface area contributed by atoms with Gasteiger partial charge in [0.25, 0.3) is 0 Å². The first-order valence-electron chi connectivity index (χ1n) is 7.80. The highest BCUT2D eigenvalue weighted by atomic mass is 16.5. The number of aromatic nitrogens is 1. The second-order valence-corrected chi connectivity index (χ2v) is 6.72. The van der Waals surface area contributed by atoms with Crippen LogP contribution in [0.15, 0.2) is 12.1 Å². The molecule has 0 saturated heterocycles. The molecule has 1 fully saturated rings. The summed E-state index contributed by atoms with van der Waals surface area (Å²) in [5, 5.41) is 9.19. The number of aromatic carboxylic acids is 1. The lowest BCUT2D eigenvalue weighted by Crippen LogP contribution is -2.28. The Balaban J connectivity index is 2.10. The average molecular weight is 291 g/mol. The summed E-state index contributed by atoms with van der Waals surface area (Å²) in [7, 11) is 0. The Labute approximate surface area is 126 Å². The fourth-order valence-corrected chi connectivity index (χ4v) is 2.79. The molecule has 1 heterocycles. The number of carboxylic acid groups (broad SMARTS) is 1. The largest absolute Gasteiger partial charge is 0.478 e. The highest BCUT2D eigenvalue weighted by molar-refractivity contribution is 5.88. The van der Waals surface area contributed by atoms with Gasteiger partial charge in [-0.3, -0.25) is 0 Å². The summed E-state index contributed by atoms with van der Waals surface area (Å²) in [5.41, 5.74) is 1.45. The minimum Gasteiger partial charge on any atom is -0.478 e. The number of hydrogen-bond acceptors (Lipinski definition) is 3. The minimum absolute atomic E-state index is 0.157. The van der Waals surface area contributed by atoms with Gasteiger partial charge in [-0.15, -0.1) is 0 Å². The van der Waals surface area contributed by atoms with Crippen LogP contribution in [0.5, 0.6) is 5.88 Å². The van der Waals surface area contributed by atoms with Crippen molar-refractivity contribution in [2.45, 2.75) is 65.4 Å². The van der Waals surface area contributed by atoms with E-state index in [9.17, 15) is 9.90 Å². The zero-order valence-electron chi connectivity index (χ0n) is 13.2. The van der Waals surface area contributed by atoms with Crippen molar-refractivity contribution in [3.8, 4) is 5.88 Å². The van der Waals surface area contributed by atoms with Gasteiger partial charge in [-0.1, -0.05) is 27.2 Å². The molecule has 1 aromatic rings. The lowest BCUT2D eigenvalue weighted by atomic mass is 9.76. The number of carbonyl (C=O) groups is 1. The quantitative estimate of drug-likeness (QED) is 0.888. The van der Waals surface area contributed by atoms with Crippen molar-refractivity contribution in [1.82, 2.24) is 4.98 Å². The molecule has 1 N–H and O–H groups in total. The summed E-state index contributed by atoms with van der Waals surface area (Å²) in [6.45, 7) is 6.62. The van der Waals surface area contributed by atoms with Gasteiger partial charge in [0.15, 0.2) is 0 Å². The summed E-state index contributed by atoms with van der Waals surface area (Å²) in [5.74, 6) is -0.465. The van der Waals surface area contributed by atoms with Crippen molar-refractivity contribution in [2.75, 3.05) is 0 Å². The lowest BCUT2D eigenvalue weighted by molar-refractivity contribution is 0.0693. The van der Waals surface area contributed by atoms with Crippen LogP contribution in [0.4, 0.5) is 0 Å². The number of hydrogen-bond donors (Lipinski definition) is 1. The third kappa shape index (κ3) is 4.45. The molecule has 0 unspecified atom stereocenters. The molecule has 1 aromatic heterocycles. The standard InChI is InChI=1S/C17H25NO3/c1-4-5-13-10-12(16(19)20)11-15(18-13)21-14-6-8-17(2,3)9-7-14/h10-11,14H,4-9H2,1-3H3,(H,19,20). The van der Waals surface area contributed by atoms with Crippen LogP contribution in [0.25, 0.3) is 0 Å². The molecule has 4 heteroatoms. The number of pyridine rings is 1. The van der Waals surface area contributed by atoms with Gasteiger partial charge >= 0.3 is 5.97 Å². The van der Waals surface area contributed by atoms with Crippen molar-refractivity contribution in [2.24, 2.45) is 5.41 Å². The molecule has 2 rings (SSSR count). The monoisotopic (exact) mass is 291 g/mol. The molecule has 0 atom stereocenters. The van der Waals surface area contributed by atoms with Crippen LogP contribution < -0.4 is 4.74 Å². The van der Waals surface area contributed by atoms with Gasteiger partial charge < -0.3 is 9.84 Å². The zero-order valence-corrected chi connectivity index (χ0v) is 13.2. The van der Waals surface area contributed by atoms with Crippen molar-refractivity contribution in [1.29, 1.82) is 0 Å². The molecule has 0 aromatic carbocycles. The number of carboxylic acids is 1. The molecule has 21 heavy (non-hydrogen) atoms. The third-order valence-electron chi connectivity index (χ3n) is 4.18. The Morgan fingerprint density at radius 3 is 2.62 bits per heavy atom. The third-order valence-corrected chi connectivity index (χ3v) is 4.18. The first-order valence-corrected chi connectivity index (χ1v) is 7.80. The van der Waals surface area contributed by atoms with E-state index >= 15 is 0 Å². The van der Waals surface area contributed by atoms with E-state index < -0.39 is 5.97 Å². The van der Waals surface area contributed by atoms with E-state index in [1.54, 1.807) is 12.1 Å². The summed E-state index contributed by atoms with van der Waals surface area (Å²) in [6, 6.07) is 3.18. The predicted molar refractivity (Wildman–Crippen MR) is 81.9 cm³/mol. The molecular weight excluding hydrogens is 266 g/mol. The Hall–Kier alpha value is -1.58. The Bertz CT molecular complexity index is 501. The molecular formula is C17H25NO3. The topological polar surface area (TPSA) is 59.4 Å². The van der Waals surface area contributed by atoms with E-state index in [0.29, 0.717) is 11.3 Å². The molecule has 0 radical (unpaired) electrons. The van der Waals surface area contributed by atoms with Crippen molar-refractivity contribution in [3.63, 3.8) is 0 Å². The zero-order chi connectivity index (χ0) is 15.5. The Kier molecular flexibility index (Phi) is 4.86. The van der Waals surface area contributed by atoms with Gasteiger partial charge in [0.1, 0.15) is 6.10 Å². The fourth-order valence-electron chi connectivity index (χ4n) is 2.79. The van der Waals surface area contributed by atoms with Crippen LogP contribution in [0.3, 0.4) is 0 Å². The van der Waals surface area contributed by atoms with Crippen LogP contribution in [0.1, 0.15) is 68.9 Å². The summed E-state index contributed by atoms with van der Waals surface area (Å²) in [6.07, 6.45) is 6.16. The second-order valence-electron chi connectivity index (χ2n) is 6.72. The summed E-state index contributed by atoms with van der Waals surface area (Å²) in [4.78, 5) is 15.7. The molecule has 0 amide bonds. The van der Waals surface area contributed by atoms with E-state index in [1.165, 1.54) is 0 Å². The minimum atomic E-state index is -0.926. The van der Waals surface area contributed by atoms with Crippen LogP contribution in [-0.4, -0.2) is 22.2 Å². The maximum atomic E-state index is 11.2. The molecule has 0 spiro atoms. The molecule has 0 aliphatic heterocycles. The predicted octanol–water partition coefficient (Wildman–Crippen LogP) is 4.08. The first-order chi connectivity index (χ1) is 9.89. The average Bonchev–Trinajstić information content (AvgIpc) is 2.41. The van der Waals surface area contributed by atoms with Gasteiger partial charge in [0, 0.05) is 11.8 Å². The highest BCUT2D eigenvalue weighted by Crippen LogP contribution is 2.36. The lowest BCUT2D eigenvalue weighted by Gasteiger charge is -2.34. The SMILES string of the molecule is CCCc1cc(C(=O)O)cc(OC2CCC(C)(C)CC2)n1. The normalized spacial score (nSPS) is 18.4. The van der Waals surface area contributed by atoms with Gasteiger partial charge in [-0.05, 0) is 43.6 Å². The van der Waals surface area contributed by atoms with Crippen LogP contribution in [0, 0.1) is 5.41 Å². The number of rotatable bonds is 5. The Morgan fingerprint density at radius 2 is 2.05 bits per heavy atom. The van der Waals surface area contributed by atoms with E-state index in [-0.39, 0.29) is 11.7 Å². The van der Waals surface area contributed by atoms with E-state index in [4.69, 9.17) is 4.74 Å². The second kappa shape index (κ2) is 6.46. The molecule has 116 valence electrons. The molecule has 1 saturated carbocycles. The molecule has 4 nitrogen and oxygen atoms in total. The van der Waals surface area contributed by atoms with Crippen molar-refractivity contribution < 1.29 is 14.6 Å². The van der Waals surface area contributed by atoms with Crippen LogP contribution >= 0.6 is 0 Å². The van der Waals surface area contributed by atoms with Gasteiger partial charge in [-0.25, -0.2) is 9.78 Å². The van der Waals surface area contributed by atoms with Crippen LogP contribution in [-0.2, 0) is 6.42 Å². The fraction of sp³-hybridized carbons (Fsp3) is 0.647. The van der Waals surface area contributed by atoms with Gasteiger partial charge in [-0.2, -0.15) is 0 Å². The van der Waals surface area contributed by atoms with E-state index in [0.717, 1.165) is 44.2 Å². The van der Waals surface area contributed by atoms with Crippen LogP contribution in [0.2, 0.25) is 0 Å². The number of aryl methyl sites for hydroxylation is 1. The molecule has 1 aliphatic carbocycles. The van der Waals surface area contributed by atoms with E-state index in [1.807, 2.05) is 0 Å². The van der Waals surface area contributed by atoms with Gasteiger partial charge in [0.05, 0.1) is 5.56 Å². The number of nitrogens with zero attached hydrogens (tertiary/aromatic N) is 1. The number of ether oxygens (including phenoxy) is 1. The summed E-state index contributed by atoms with van der Waals surface area (Å²) >= 11 is 0. The summed E-state index contributed by atoms with van der Waals surface area (Å²) < 4.78 is 5.95. The molecule has 0 bridgehead atoms.